The highest BCUT2D eigenvalue weighted by atomic mass is 79.9. The van der Waals surface area contributed by atoms with E-state index in [0.29, 0.717) is 12.1 Å². The number of nitrogens with zero attached hydrogens (tertiary/aromatic N) is 3. The molecular weight excluding hydrogens is 354 g/mol. The van der Waals surface area contributed by atoms with Gasteiger partial charge in [-0.15, -0.1) is 0 Å². The summed E-state index contributed by atoms with van der Waals surface area (Å²) < 4.78 is 2.71. The van der Waals surface area contributed by atoms with Gasteiger partial charge in [-0.3, -0.25) is 4.79 Å². The molecule has 1 heterocycles. The predicted molar refractivity (Wildman–Crippen MR) is 93.5 cm³/mol. The molecule has 3 rings (SSSR count). The molecule has 0 aliphatic carbocycles. The Bertz CT molecular complexity index is 815. The molecule has 0 bridgehead atoms. The average Bonchev–Trinajstić information content (AvgIpc) is 3.10. The monoisotopic (exact) mass is 369 g/mol. The number of rotatable bonds is 4. The molecule has 0 unspecified atom stereocenters. The summed E-state index contributed by atoms with van der Waals surface area (Å²) in [6, 6.07) is 17.2. The van der Waals surface area contributed by atoms with Crippen LogP contribution < -0.4 is 0 Å². The highest BCUT2D eigenvalue weighted by Crippen LogP contribution is 2.20. The molecule has 0 saturated carbocycles. The van der Waals surface area contributed by atoms with Gasteiger partial charge in [0.2, 0.25) is 0 Å². The summed E-state index contributed by atoms with van der Waals surface area (Å²) in [7, 11) is 1.81. The van der Waals surface area contributed by atoms with Crippen molar-refractivity contribution in [1.29, 1.82) is 0 Å². The van der Waals surface area contributed by atoms with E-state index in [9.17, 15) is 4.79 Å². The summed E-state index contributed by atoms with van der Waals surface area (Å²) in [4.78, 5) is 14.6. The van der Waals surface area contributed by atoms with Crippen molar-refractivity contribution in [3.63, 3.8) is 0 Å². The highest BCUT2D eigenvalue weighted by molar-refractivity contribution is 9.10. The maximum absolute atomic E-state index is 12.8. The molecule has 1 amide bonds. The Morgan fingerprint density at radius 3 is 2.61 bits per heavy atom. The van der Waals surface area contributed by atoms with Crippen LogP contribution in [-0.4, -0.2) is 27.6 Å². The topological polar surface area (TPSA) is 38.1 Å². The standard InChI is InChI=1S/C18H16BrN3O/c1-21(13-14-7-2-4-9-16(14)19)18(23)15-8-3-5-10-17(15)22-12-6-11-20-22/h2-12H,13H2,1H3. The lowest BCUT2D eigenvalue weighted by molar-refractivity contribution is 0.0784. The van der Waals surface area contributed by atoms with Gasteiger partial charge in [0.25, 0.3) is 5.91 Å². The van der Waals surface area contributed by atoms with E-state index < -0.39 is 0 Å². The van der Waals surface area contributed by atoms with Gasteiger partial charge in [-0.25, -0.2) is 4.68 Å². The molecule has 0 radical (unpaired) electrons. The number of carbonyl (C=O) groups is 1. The van der Waals surface area contributed by atoms with Crippen molar-refractivity contribution in [2.45, 2.75) is 6.54 Å². The van der Waals surface area contributed by atoms with E-state index in [0.717, 1.165) is 15.7 Å². The van der Waals surface area contributed by atoms with Crippen LogP contribution in [0.3, 0.4) is 0 Å². The van der Waals surface area contributed by atoms with Crippen LogP contribution in [0.1, 0.15) is 15.9 Å². The summed E-state index contributed by atoms with van der Waals surface area (Å²) in [5.74, 6) is -0.0353. The van der Waals surface area contributed by atoms with Gasteiger partial charge >= 0.3 is 0 Å². The zero-order chi connectivity index (χ0) is 16.2. The maximum atomic E-state index is 12.8. The second-order valence-electron chi connectivity index (χ2n) is 5.22. The van der Waals surface area contributed by atoms with Crippen LogP contribution >= 0.6 is 15.9 Å². The Labute approximate surface area is 143 Å². The number of benzene rings is 2. The van der Waals surface area contributed by atoms with Gasteiger partial charge in [-0.05, 0) is 29.8 Å². The third-order valence-corrected chi connectivity index (χ3v) is 4.37. The van der Waals surface area contributed by atoms with E-state index in [2.05, 4.69) is 21.0 Å². The SMILES string of the molecule is CN(Cc1ccccc1Br)C(=O)c1ccccc1-n1cccn1. The summed E-state index contributed by atoms with van der Waals surface area (Å²) in [6.45, 7) is 0.535. The third-order valence-electron chi connectivity index (χ3n) is 3.60. The van der Waals surface area contributed by atoms with Crippen molar-refractivity contribution in [2.75, 3.05) is 7.05 Å². The Morgan fingerprint density at radius 1 is 1.13 bits per heavy atom. The molecule has 3 aromatic rings. The van der Waals surface area contributed by atoms with E-state index in [1.54, 1.807) is 15.8 Å². The molecule has 0 N–H and O–H groups in total. The van der Waals surface area contributed by atoms with Crippen molar-refractivity contribution < 1.29 is 4.79 Å². The smallest absolute Gasteiger partial charge is 0.256 e. The van der Waals surface area contributed by atoms with Gasteiger partial charge in [-0.1, -0.05) is 46.3 Å². The lowest BCUT2D eigenvalue weighted by Gasteiger charge is -2.20. The van der Waals surface area contributed by atoms with E-state index in [-0.39, 0.29) is 5.91 Å². The second kappa shape index (κ2) is 6.79. The number of carbonyl (C=O) groups excluding carboxylic acids is 1. The lowest BCUT2D eigenvalue weighted by Crippen LogP contribution is -2.27. The van der Waals surface area contributed by atoms with Crippen molar-refractivity contribution in [2.24, 2.45) is 0 Å². The molecular formula is C18H16BrN3O. The van der Waals surface area contributed by atoms with Gasteiger partial charge in [0.1, 0.15) is 0 Å². The van der Waals surface area contributed by atoms with Gasteiger partial charge in [0, 0.05) is 30.5 Å². The van der Waals surface area contributed by atoms with Gasteiger partial charge in [0.15, 0.2) is 0 Å². The summed E-state index contributed by atoms with van der Waals surface area (Å²) >= 11 is 3.52. The molecule has 4 nitrogen and oxygen atoms in total. The second-order valence-corrected chi connectivity index (χ2v) is 6.07. The van der Waals surface area contributed by atoms with Gasteiger partial charge < -0.3 is 4.90 Å². The molecule has 1 aromatic heterocycles. The number of aromatic nitrogens is 2. The quantitative estimate of drug-likeness (QED) is 0.699. The Kier molecular flexibility index (Phi) is 4.57. The summed E-state index contributed by atoms with van der Waals surface area (Å²) in [5.41, 5.74) is 2.48. The summed E-state index contributed by atoms with van der Waals surface area (Å²) in [5, 5.41) is 4.23. The van der Waals surface area contributed by atoms with Crippen molar-refractivity contribution >= 4 is 21.8 Å². The van der Waals surface area contributed by atoms with Gasteiger partial charge in [0.05, 0.1) is 11.3 Å². The molecule has 23 heavy (non-hydrogen) atoms. The number of hydrogen-bond acceptors (Lipinski definition) is 2. The molecule has 2 aromatic carbocycles. The first-order chi connectivity index (χ1) is 11.2. The van der Waals surface area contributed by atoms with Crippen molar-refractivity contribution in [3.05, 3.63) is 82.6 Å². The Hall–Kier alpha value is -2.40. The maximum Gasteiger partial charge on any atom is 0.256 e. The number of amides is 1. The normalized spacial score (nSPS) is 10.5. The largest absolute Gasteiger partial charge is 0.337 e. The fourth-order valence-corrected chi connectivity index (χ4v) is 2.84. The average molecular weight is 370 g/mol. The zero-order valence-electron chi connectivity index (χ0n) is 12.7. The molecule has 0 saturated heterocycles. The van der Waals surface area contributed by atoms with Crippen LogP contribution in [0.4, 0.5) is 0 Å². The predicted octanol–water partition coefficient (Wildman–Crippen LogP) is 3.91. The van der Waals surface area contributed by atoms with E-state index in [1.807, 2.05) is 67.8 Å². The van der Waals surface area contributed by atoms with E-state index in [4.69, 9.17) is 0 Å². The molecule has 116 valence electrons. The third kappa shape index (κ3) is 3.35. The Morgan fingerprint density at radius 2 is 1.87 bits per heavy atom. The molecule has 5 heteroatoms. The minimum absolute atomic E-state index is 0.0353. The van der Waals surface area contributed by atoms with Crippen LogP contribution in [0, 0.1) is 0 Å². The Balaban J connectivity index is 1.88. The number of hydrogen-bond donors (Lipinski definition) is 0. The van der Waals surface area contributed by atoms with Crippen LogP contribution in [0.5, 0.6) is 0 Å². The fraction of sp³-hybridized carbons (Fsp3) is 0.111. The van der Waals surface area contributed by atoms with Gasteiger partial charge in [-0.2, -0.15) is 5.10 Å². The van der Waals surface area contributed by atoms with E-state index in [1.165, 1.54) is 0 Å². The summed E-state index contributed by atoms with van der Waals surface area (Å²) in [6.07, 6.45) is 3.53. The zero-order valence-corrected chi connectivity index (χ0v) is 14.3. The van der Waals surface area contributed by atoms with Crippen molar-refractivity contribution in [1.82, 2.24) is 14.7 Å². The highest BCUT2D eigenvalue weighted by Gasteiger charge is 2.17. The lowest BCUT2D eigenvalue weighted by atomic mass is 10.1. The number of para-hydroxylation sites is 1. The molecule has 0 atom stereocenters. The van der Waals surface area contributed by atoms with Crippen molar-refractivity contribution in [3.8, 4) is 5.69 Å². The fourth-order valence-electron chi connectivity index (χ4n) is 2.43. The minimum atomic E-state index is -0.0353. The van der Waals surface area contributed by atoms with Crippen LogP contribution in [-0.2, 0) is 6.54 Å². The molecule has 0 aliphatic rings. The van der Waals surface area contributed by atoms with Crippen LogP contribution in [0.2, 0.25) is 0 Å². The van der Waals surface area contributed by atoms with E-state index >= 15 is 0 Å². The van der Waals surface area contributed by atoms with Crippen LogP contribution in [0.15, 0.2) is 71.5 Å². The minimum Gasteiger partial charge on any atom is -0.337 e. The first-order valence-corrected chi connectivity index (χ1v) is 8.04. The molecule has 0 aliphatic heterocycles. The first-order valence-electron chi connectivity index (χ1n) is 7.25. The first kappa shape index (κ1) is 15.5. The van der Waals surface area contributed by atoms with Crippen LogP contribution in [0.25, 0.3) is 5.69 Å². The molecule has 0 spiro atoms. The molecule has 0 fully saturated rings. The number of halogens is 1.